The minimum Gasteiger partial charge on any atom is -0.368 e. The molecule has 6 atom stereocenters. The first-order valence-corrected chi connectivity index (χ1v) is 14.7. The van der Waals surface area contributed by atoms with E-state index >= 15 is 0 Å². The molecule has 11 nitrogen and oxygen atoms in total. The number of amides is 3. The van der Waals surface area contributed by atoms with E-state index in [2.05, 4.69) is 20.9 Å². The summed E-state index contributed by atoms with van der Waals surface area (Å²) in [6.45, 7) is 4.56. The molecule has 228 valence electrons. The molecule has 0 aromatic heterocycles. The third-order valence-electron chi connectivity index (χ3n) is 7.98. The summed E-state index contributed by atoms with van der Waals surface area (Å²) < 4.78 is 0. The van der Waals surface area contributed by atoms with Crippen LogP contribution in [0.25, 0.3) is 10.8 Å². The van der Waals surface area contributed by atoms with Crippen LogP contribution < -0.4 is 21.7 Å². The first-order valence-electron chi connectivity index (χ1n) is 14.7. The second kappa shape index (κ2) is 14.7. The number of aliphatic imine (C=N–C) groups is 1. The van der Waals surface area contributed by atoms with Gasteiger partial charge in [0, 0.05) is 31.1 Å². The van der Waals surface area contributed by atoms with Gasteiger partial charge in [-0.25, -0.2) is 0 Å². The summed E-state index contributed by atoms with van der Waals surface area (Å²) in [5.74, 6) is -1.49. The van der Waals surface area contributed by atoms with Crippen molar-refractivity contribution in [2.75, 3.05) is 6.54 Å². The molecule has 1 saturated heterocycles. The zero-order valence-corrected chi connectivity index (χ0v) is 24.5. The van der Waals surface area contributed by atoms with Gasteiger partial charge in [0.05, 0.1) is 18.1 Å². The van der Waals surface area contributed by atoms with Crippen molar-refractivity contribution in [2.45, 2.75) is 69.7 Å². The molecule has 0 aliphatic carbocycles. The fourth-order valence-electron chi connectivity index (χ4n) is 5.87. The van der Waals surface area contributed by atoms with Gasteiger partial charge in [0.2, 0.25) is 17.7 Å². The van der Waals surface area contributed by atoms with Crippen molar-refractivity contribution in [2.24, 2.45) is 22.6 Å². The summed E-state index contributed by atoms with van der Waals surface area (Å²) in [7, 11) is 0. The van der Waals surface area contributed by atoms with E-state index in [0.29, 0.717) is 25.7 Å². The number of carbonyl (C=O) groups excluding carboxylic acids is 5. The Morgan fingerprint density at radius 1 is 1.14 bits per heavy atom. The number of piperidine rings is 1. The highest BCUT2D eigenvalue weighted by Crippen LogP contribution is 2.30. The number of aldehydes is 2. The van der Waals surface area contributed by atoms with E-state index < -0.39 is 42.0 Å². The Kier molecular flexibility index (Phi) is 10.8. The molecule has 43 heavy (non-hydrogen) atoms. The van der Waals surface area contributed by atoms with Crippen molar-refractivity contribution in [1.82, 2.24) is 20.9 Å². The van der Waals surface area contributed by atoms with Gasteiger partial charge in [-0.2, -0.15) is 0 Å². The van der Waals surface area contributed by atoms with Crippen LogP contribution in [-0.2, 0) is 24.0 Å². The molecule has 0 spiro atoms. The molecule has 2 aromatic rings. The van der Waals surface area contributed by atoms with Gasteiger partial charge in [0.25, 0.3) is 0 Å². The number of primary amides is 1. The Hall–Kier alpha value is -4.38. The zero-order chi connectivity index (χ0) is 30.9. The average molecular weight is 589 g/mol. The lowest BCUT2D eigenvalue weighted by Crippen LogP contribution is -2.57. The summed E-state index contributed by atoms with van der Waals surface area (Å²) in [5, 5.41) is 10.9. The predicted octanol–water partition coefficient (Wildman–Crippen LogP) is 1.76. The number of nitrogens with two attached hydrogens (primary N) is 1. The summed E-state index contributed by atoms with van der Waals surface area (Å²) in [5.41, 5.74) is 6.44. The maximum Gasteiger partial charge on any atom is 0.245 e. The van der Waals surface area contributed by atoms with Crippen molar-refractivity contribution < 1.29 is 24.0 Å². The number of carbonyl (C=O) groups is 5. The zero-order valence-electron chi connectivity index (χ0n) is 24.5. The van der Waals surface area contributed by atoms with Gasteiger partial charge in [-0.05, 0) is 47.9 Å². The maximum atomic E-state index is 13.8. The minimum absolute atomic E-state index is 0.0743. The fourth-order valence-corrected chi connectivity index (χ4v) is 5.87. The van der Waals surface area contributed by atoms with Crippen molar-refractivity contribution in [3.8, 4) is 0 Å². The molecule has 2 aliphatic rings. The summed E-state index contributed by atoms with van der Waals surface area (Å²) in [4.78, 5) is 69.0. The first kappa shape index (κ1) is 31.6. The van der Waals surface area contributed by atoms with Crippen LogP contribution >= 0.6 is 0 Å². The van der Waals surface area contributed by atoms with Crippen molar-refractivity contribution in [1.29, 1.82) is 0 Å². The number of nitrogens with one attached hydrogen (secondary N) is 3. The Bertz CT molecular complexity index is 1390. The van der Waals surface area contributed by atoms with E-state index in [-0.39, 0.29) is 24.2 Å². The highest BCUT2D eigenvalue weighted by Gasteiger charge is 2.37. The molecule has 2 heterocycles. The molecule has 11 heteroatoms. The lowest BCUT2D eigenvalue weighted by molar-refractivity contribution is -0.129. The summed E-state index contributed by atoms with van der Waals surface area (Å²) in [6, 6.07) is 9.07. The van der Waals surface area contributed by atoms with Crippen molar-refractivity contribution in [3.63, 3.8) is 0 Å². The first-order chi connectivity index (χ1) is 20.7. The number of nitrogens with zero attached hydrogens (tertiary/aromatic N) is 2. The van der Waals surface area contributed by atoms with Crippen LogP contribution in [0.4, 0.5) is 0 Å². The number of rotatable bonds is 14. The third kappa shape index (κ3) is 7.72. The van der Waals surface area contributed by atoms with Crippen LogP contribution in [0.1, 0.15) is 51.1 Å². The number of hydrogen-bond donors (Lipinski definition) is 4. The number of benzene rings is 2. The number of fused-ring (bicyclic) bond motifs is 1. The van der Waals surface area contributed by atoms with E-state index in [1.807, 2.05) is 56.3 Å². The fraction of sp³-hybridized carbons (Fsp3) is 0.438. The molecule has 2 unspecified atom stereocenters. The highest BCUT2D eigenvalue weighted by atomic mass is 16.2. The molecule has 2 aliphatic heterocycles. The molecule has 3 amide bonds. The lowest BCUT2D eigenvalue weighted by Gasteiger charge is -2.39. The Labute approximate surface area is 251 Å². The van der Waals surface area contributed by atoms with Gasteiger partial charge >= 0.3 is 0 Å². The third-order valence-corrected chi connectivity index (χ3v) is 7.98. The lowest BCUT2D eigenvalue weighted by atomic mass is 9.90. The van der Waals surface area contributed by atoms with Crippen LogP contribution in [0.3, 0.4) is 0 Å². The van der Waals surface area contributed by atoms with E-state index in [9.17, 15) is 24.0 Å². The van der Waals surface area contributed by atoms with E-state index in [1.54, 1.807) is 11.1 Å². The van der Waals surface area contributed by atoms with E-state index in [1.165, 1.54) is 12.4 Å². The highest BCUT2D eigenvalue weighted by molar-refractivity contribution is 5.98. The van der Waals surface area contributed by atoms with Crippen LogP contribution in [0, 0.1) is 11.8 Å². The van der Waals surface area contributed by atoms with Gasteiger partial charge < -0.3 is 30.9 Å². The molecule has 2 aromatic carbocycles. The van der Waals surface area contributed by atoms with Crippen LogP contribution in [0.15, 0.2) is 59.9 Å². The van der Waals surface area contributed by atoms with Crippen LogP contribution in [0.2, 0.25) is 0 Å². The predicted molar refractivity (Wildman–Crippen MR) is 164 cm³/mol. The van der Waals surface area contributed by atoms with Gasteiger partial charge in [-0.3, -0.25) is 24.7 Å². The van der Waals surface area contributed by atoms with E-state index in [0.717, 1.165) is 29.0 Å². The second-order valence-corrected chi connectivity index (χ2v) is 11.5. The Morgan fingerprint density at radius 2 is 1.91 bits per heavy atom. The molecule has 5 N–H and O–H groups in total. The van der Waals surface area contributed by atoms with Crippen LogP contribution in [-0.4, -0.2) is 72.1 Å². The maximum absolute atomic E-state index is 13.8. The number of hydrogen-bond acceptors (Lipinski definition) is 8. The largest absolute Gasteiger partial charge is 0.368 e. The van der Waals surface area contributed by atoms with Gasteiger partial charge in [-0.15, -0.1) is 0 Å². The summed E-state index contributed by atoms with van der Waals surface area (Å²) in [6.07, 6.45) is 7.87. The van der Waals surface area contributed by atoms with Gasteiger partial charge in [0.15, 0.2) is 0 Å². The monoisotopic (exact) mass is 588 g/mol. The van der Waals surface area contributed by atoms with Crippen LogP contribution in [0.5, 0.6) is 0 Å². The molecule has 0 bridgehead atoms. The normalized spacial score (nSPS) is 21.1. The van der Waals surface area contributed by atoms with Crippen molar-refractivity contribution >= 4 is 47.3 Å². The quantitative estimate of drug-likeness (QED) is 0.244. The van der Waals surface area contributed by atoms with Crippen molar-refractivity contribution in [3.05, 3.63) is 60.4 Å². The SMILES string of the molecule is CC(C)C[C@H](NC(c1cccc2ccccc12)C(C=O)N1C=CN=C[C@H]1C(N)=O)C(=O)N[C@H](C=O)C[C@@H]1CCCNC1=O. The molecular formula is C32H40N6O5. The summed E-state index contributed by atoms with van der Waals surface area (Å²) >= 11 is 0. The Morgan fingerprint density at radius 3 is 2.60 bits per heavy atom. The van der Waals surface area contributed by atoms with Gasteiger partial charge in [0.1, 0.15) is 24.7 Å². The molecular weight excluding hydrogens is 548 g/mol. The molecule has 0 saturated carbocycles. The topological polar surface area (TPSA) is 163 Å². The Balaban J connectivity index is 1.70. The average Bonchev–Trinajstić information content (AvgIpc) is 3.00. The molecule has 4 rings (SSSR count). The minimum atomic E-state index is -0.974. The van der Waals surface area contributed by atoms with Gasteiger partial charge in [-0.1, -0.05) is 56.3 Å². The van der Waals surface area contributed by atoms with E-state index in [4.69, 9.17) is 5.73 Å². The standard InChI is InChI=1S/C32H40N6O5/c1-20(2)15-26(32(43)36-23(18-39)16-22-9-6-12-35-31(22)42)37-29(25-11-5-8-21-7-3-4-10-24(21)25)28(19-40)38-14-13-34-17-27(38)30(33)41/h3-5,7-8,10-11,13-14,17-20,22-23,26-29,37H,6,9,12,15-16H2,1-2H3,(H2,33,41)(H,35,42)(H,36,43)/t22-,23-,26-,27-,28?,29?/m0/s1. The second-order valence-electron chi connectivity index (χ2n) is 11.5. The molecule has 1 fully saturated rings. The molecule has 0 radical (unpaired) electrons. The smallest absolute Gasteiger partial charge is 0.245 e.